The number of benzene rings is 1. The number of hydrogen-bond donors (Lipinski definition) is 1. The van der Waals surface area contributed by atoms with Crippen LogP contribution in [0.1, 0.15) is 40.0 Å². The summed E-state index contributed by atoms with van der Waals surface area (Å²) in [7, 11) is 0. The van der Waals surface area contributed by atoms with Crippen molar-refractivity contribution in [2.75, 3.05) is 5.32 Å². The summed E-state index contributed by atoms with van der Waals surface area (Å²) in [5.41, 5.74) is -0.0948. The predicted molar refractivity (Wildman–Crippen MR) is 68.1 cm³/mol. The van der Waals surface area contributed by atoms with Gasteiger partial charge in [-0.25, -0.2) is 13.2 Å². The van der Waals surface area contributed by atoms with Crippen LogP contribution in [0.15, 0.2) is 12.1 Å². The minimum Gasteiger partial charge on any atom is -0.380 e. The molecule has 0 aromatic heterocycles. The molecule has 2 unspecified atom stereocenters. The van der Waals surface area contributed by atoms with Crippen molar-refractivity contribution in [2.45, 2.75) is 46.1 Å². The maximum atomic E-state index is 13.5. The first kappa shape index (κ1) is 14.9. The molecule has 1 aromatic carbocycles. The third-order valence-corrected chi connectivity index (χ3v) is 3.23. The van der Waals surface area contributed by atoms with Crippen molar-refractivity contribution >= 4 is 5.69 Å². The maximum Gasteiger partial charge on any atom is 0.182 e. The molecule has 1 nitrogen and oxygen atoms in total. The van der Waals surface area contributed by atoms with E-state index in [2.05, 4.69) is 19.2 Å². The molecule has 0 aliphatic carbocycles. The standard InChI is InChI=1S/C14H20F3N/c1-4-9(3)6-11(5-2)18-13-8-10(15)7-12(16)14(13)17/h7-9,11,18H,4-6H2,1-3H3. The van der Waals surface area contributed by atoms with Gasteiger partial charge < -0.3 is 5.32 Å². The Morgan fingerprint density at radius 3 is 2.33 bits per heavy atom. The van der Waals surface area contributed by atoms with Crippen molar-refractivity contribution < 1.29 is 13.2 Å². The Hall–Kier alpha value is -1.19. The Labute approximate surface area is 106 Å². The smallest absolute Gasteiger partial charge is 0.182 e. The first-order chi connectivity index (χ1) is 8.47. The van der Waals surface area contributed by atoms with Crippen molar-refractivity contribution in [2.24, 2.45) is 5.92 Å². The average Bonchev–Trinajstić information content (AvgIpc) is 2.34. The van der Waals surface area contributed by atoms with Crippen LogP contribution in [0.5, 0.6) is 0 Å². The highest BCUT2D eigenvalue weighted by Gasteiger charge is 2.15. The van der Waals surface area contributed by atoms with Crippen molar-refractivity contribution in [3.8, 4) is 0 Å². The Morgan fingerprint density at radius 2 is 1.78 bits per heavy atom. The average molecular weight is 259 g/mol. The molecule has 0 fully saturated rings. The summed E-state index contributed by atoms with van der Waals surface area (Å²) in [5.74, 6) is -2.45. The van der Waals surface area contributed by atoms with Gasteiger partial charge in [-0.05, 0) is 18.8 Å². The summed E-state index contributed by atoms with van der Waals surface area (Å²) in [5, 5.41) is 2.89. The van der Waals surface area contributed by atoms with Crippen LogP contribution in [-0.2, 0) is 0 Å². The zero-order valence-corrected chi connectivity index (χ0v) is 11.1. The van der Waals surface area contributed by atoms with E-state index in [9.17, 15) is 13.2 Å². The number of nitrogens with one attached hydrogen (secondary N) is 1. The first-order valence-corrected chi connectivity index (χ1v) is 6.38. The van der Waals surface area contributed by atoms with E-state index in [4.69, 9.17) is 0 Å². The second-order valence-corrected chi connectivity index (χ2v) is 4.75. The van der Waals surface area contributed by atoms with Gasteiger partial charge in [0, 0.05) is 18.2 Å². The van der Waals surface area contributed by atoms with E-state index in [1.807, 2.05) is 6.92 Å². The van der Waals surface area contributed by atoms with Gasteiger partial charge in [0.1, 0.15) is 5.82 Å². The second-order valence-electron chi connectivity index (χ2n) is 4.75. The quantitative estimate of drug-likeness (QED) is 0.728. The lowest BCUT2D eigenvalue weighted by Gasteiger charge is -2.21. The van der Waals surface area contributed by atoms with Crippen LogP contribution in [-0.4, -0.2) is 6.04 Å². The van der Waals surface area contributed by atoms with Crippen LogP contribution in [0.25, 0.3) is 0 Å². The van der Waals surface area contributed by atoms with Crippen molar-refractivity contribution in [1.29, 1.82) is 0 Å². The van der Waals surface area contributed by atoms with E-state index < -0.39 is 17.5 Å². The minimum atomic E-state index is -1.16. The van der Waals surface area contributed by atoms with E-state index in [0.29, 0.717) is 12.0 Å². The van der Waals surface area contributed by atoms with E-state index in [1.54, 1.807) is 0 Å². The van der Waals surface area contributed by atoms with E-state index in [0.717, 1.165) is 25.3 Å². The third kappa shape index (κ3) is 3.93. The fraction of sp³-hybridized carbons (Fsp3) is 0.571. The first-order valence-electron chi connectivity index (χ1n) is 6.38. The molecule has 1 N–H and O–H groups in total. The molecular formula is C14H20F3N. The molecule has 2 atom stereocenters. The van der Waals surface area contributed by atoms with Gasteiger partial charge in [0.2, 0.25) is 0 Å². The summed E-state index contributed by atoms with van der Waals surface area (Å²) in [6, 6.07) is 1.57. The van der Waals surface area contributed by atoms with E-state index in [-0.39, 0.29) is 11.7 Å². The molecule has 4 heteroatoms. The van der Waals surface area contributed by atoms with Gasteiger partial charge in [0.25, 0.3) is 0 Å². The Kier molecular flexibility index (Phi) is 5.51. The Balaban J connectivity index is 2.81. The Bertz CT molecular complexity index is 393. The molecule has 0 spiro atoms. The van der Waals surface area contributed by atoms with Gasteiger partial charge in [-0.3, -0.25) is 0 Å². The van der Waals surface area contributed by atoms with Crippen LogP contribution < -0.4 is 5.32 Å². The summed E-state index contributed by atoms with van der Waals surface area (Å²) >= 11 is 0. The SMILES string of the molecule is CCC(C)CC(CC)Nc1cc(F)cc(F)c1F. The molecule has 18 heavy (non-hydrogen) atoms. The largest absolute Gasteiger partial charge is 0.380 e. The lowest BCUT2D eigenvalue weighted by atomic mass is 9.97. The monoisotopic (exact) mass is 259 g/mol. The molecule has 0 aliphatic rings. The van der Waals surface area contributed by atoms with E-state index in [1.165, 1.54) is 0 Å². The second kappa shape index (κ2) is 6.66. The summed E-state index contributed by atoms with van der Waals surface area (Å²) in [6.45, 7) is 6.15. The molecule has 0 aliphatic heterocycles. The number of hydrogen-bond acceptors (Lipinski definition) is 1. The van der Waals surface area contributed by atoms with E-state index >= 15 is 0 Å². The van der Waals surface area contributed by atoms with Gasteiger partial charge in [0.15, 0.2) is 11.6 Å². The predicted octanol–water partition coefficient (Wildman–Crippen LogP) is 4.73. The van der Waals surface area contributed by atoms with Crippen LogP contribution in [0.4, 0.5) is 18.9 Å². The molecule has 0 radical (unpaired) electrons. The third-order valence-electron chi connectivity index (χ3n) is 3.23. The van der Waals surface area contributed by atoms with Gasteiger partial charge >= 0.3 is 0 Å². The van der Waals surface area contributed by atoms with Gasteiger partial charge in [-0.1, -0.05) is 27.2 Å². The molecule has 0 heterocycles. The highest BCUT2D eigenvalue weighted by molar-refractivity contribution is 5.46. The maximum absolute atomic E-state index is 13.5. The van der Waals surface area contributed by atoms with Crippen LogP contribution in [0.2, 0.25) is 0 Å². The van der Waals surface area contributed by atoms with Gasteiger partial charge in [0.05, 0.1) is 5.69 Å². The molecule has 1 rings (SSSR count). The van der Waals surface area contributed by atoms with Gasteiger partial charge in [-0.2, -0.15) is 0 Å². The molecular weight excluding hydrogens is 239 g/mol. The topological polar surface area (TPSA) is 12.0 Å². The van der Waals surface area contributed by atoms with Crippen molar-refractivity contribution in [1.82, 2.24) is 0 Å². The lowest BCUT2D eigenvalue weighted by molar-refractivity contribution is 0.456. The number of halogens is 3. The molecule has 102 valence electrons. The Morgan fingerprint density at radius 1 is 1.11 bits per heavy atom. The molecule has 0 saturated carbocycles. The molecule has 0 bridgehead atoms. The zero-order chi connectivity index (χ0) is 13.7. The lowest BCUT2D eigenvalue weighted by Crippen LogP contribution is -2.22. The normalized spacial score (nSPS) is 14.3. The van der Waals surface area contributed by atoms with Crippen molar-refractivity contribution in [3.63, 3.8) is 0 Å². The fourth-order valence-corrected chi connectivity index (χ4v) is 1.86. The summed E-state index contributed by atoms with van der Waals surface area (Å²) in [6.07, 6.45) is 2.66. The zero-order valence-electron chi connectivity index (χ0n) is 11.1. The van der Waals surface area contributed by atoms with Crippen LogP contribution in [0, 0.1) is 23.4 Å². The summed E-state index contributed by atoms with van der Waals surface area (Å²) < 4.78 is 39.6. The number of rotatable bonds is 6. The molecule has 0 saturated heterocycles. The van der Waals surface area contributed by atoms with Crippen LogP contribution in [0.3, 0.4) is 0 Å². The highest BCUT2D eigenvalue weighted by atomic mass is 19.2. The minimum absolute atomic E-state index is 0.0237. The summed E-state index contributed by atoms with van der Waals surface area (Å²) in [4.78, 5) is 0. The van der Waals surface area contributed by atoms with Crippen LogP contribution >= 0.6 is 0 Å². The number of anilines is 1. The fourth-order valence-electron chi connectivity index (χ4n) is 1.86. The molecule has 0 amide bonds. The van der Waals surface area contributed by atoms with Gasteiger partial charge in [-0.15, -0.1) is 0 Å². The molecule has 1 aromatic rings. The highest BCUT2D eigenvalue weighted by Crippen LogP contribution is 2.22. The van der Waals surface area contributed by atoms with Crippen molar-refractivity contribution in [3.05, 3.63) is 29.6 Å².